The van der Waals surface area contributed by atoms with Crippen LogP contribution in [0.25, 0.3) is 0 Å². The van der Waals surface area contributed by atoms with E-state index >= 15 is 0 Å². The van der Waals surface area contributed by atoms with Crippen LogP contribution < -0.4 is 10.6 Å². The van der Waals surface area contributed by atoms with Gasteiger partial charge in [0.2, 0.25) is 5.91 Å². The van der Waals surface area contributed by atoms with Crippen LogP contribution in [-0.2, 0) is 9.53 Å². The first-order valence-corrected chi connectivity index (χ1v) is 10.0. The summed E-state index contributed by atoms with van der Waals surface area (Å²) in [6.07, 6.45) is 0.351. The Bertz CT molecular complexity index is 1120. The van der Waals surface area contributed by atoms with Crippen molar-refractivity contribution in [1.29, 1.82) is 0 Å². The number of carbonyl (C=O) groups excluding carboxylic acids is 4. The molecule has 32 heavy (non-hydrogen) atoms. The van der Waals surface area contributed by atoms with Gasteiger partial charge in [0, 0.05) is 23.2 Å². The normalized spacial score (nSPS) is 10.2. The lowest BCUT2D eigenvalue weighted by Crippen LogP contribution is -2.18. The van der Waals surface area contributed by atoms with Crippen LogP contribution in [0.2, 0.25) is 0 Å². The van der Waals surface area contributed by atoms with Crippen LogP contribution in [0.5, 0.6) is 0 Å². The summed E-state index contributed by atoms with van der Waals surface area (Å²) < 4.78 is 5.17. The quantitative estimate of drug-likeness (QED) is 0.409. The zero-order valence-corrected chi connectivity index (χ0v) is 17.5. The van der Waals surface area contributed by atoms with Crippen molar-refractivity contribution >= 4 is 34.9 Å². The van der Waals surface area contributed by atoms with Crippen LogP contribution in [-0.4, -0.2) is 30.2 Å². The molecule has 0 radical (unpaired) electrons. The maximum absolute atomic E-state index is 12.6. The number of esters is 1. The molecule has 0 aliphatic carbocycles. The van der Waals surface area contributed by atoms with Crippen LogP contribution in [0, 0.1) is 0 Å². The Balaban J connectivity index is 1.62. The summed E-state index contributed by atoms with van der Waals surface area (Å²) in [7, 11) is 0. The molecule has 0 aliphatic rings. The molecule has 0 heterocycles. The zero-order chi connectivity index (χ0) is 22.9. The largest absolute Gasteiger partial charge is 0.454 e. The summed E-state index contributed by atoms with van der Waals surface area (Å²) in [5, 5.41) is 5.39. The third-order valence-electron chi connectivity index (χ3n) is 4.58. The van der Waals surface area contributed by atoms with Crippen molar-refractivity contribution in [3.05, 3.63) is 95.6 Å². The molecule has 0 unspecified atom stereocenters. The lowest BCUT2D eigenvalue weighted by molar-refractivity contribution is -0.115. The van der Waals surface area contributed by atoms with Crippen molar-refractivity contribution in [1.82, 2.24) is 0 Å². The number of hydrogen-bond acceptors (Lipinski definition) is 5. The number of anilines is 2. The van der Waals surface area contributed by atoms with Crippen LogP contribution in [0.1, 0.15) is 44.4 Å². The monoisotopic (exact) mass is 430 g/mol. The summed E-state index contributed by atoms with van der Waals surface area (Å²) >= 11 is 0. The Morgan fingerprint density at radius 2 is 1.41 bits per heavy atom. The van der Waals surface area contributed by atoms with Crippen molar-refractivity contribution < 1.29 is 23.9 Å². The van der Waals surface area contributed by atoms with E-state index in [-0.39, 0.29) is 23.1 Å². The summed E-state index contributed by atoms with van der Waals surface area (Å²) in [6, 6.07) is 21.3. The number of hydrogen-bond donors (Lipinski definition) is 2. The van der Waals surface area contributed by atoms with Crippen molar-refractivity contribution in [2.75, 3.05) is 17.2 Å². The minimum absolute atomic E-state index is 0.129. The molecule has 0 bridgehead atoms. The third-order valence-corrected chi connectivity index (χ3v) is 4.58. The fraction of sp³-hybridized carbons (Fsp3) is 0.120. The van der Waals surface area contributed by atoms with E-state index in [0.29, 0.717) is 23.2 Å². The lowest BCUT2D eigenvalue weighted by atomic mass is 10.1. The van der Waals surface area contributed by atoms with Gasteiger partial charge in [-0.25, -0.2) is 4.79 Å². The van der Waals surface area contributed by atoms with Crippen molar-refractivity contribution in [3.8, 4) is 0 Å². The molecule has 0 saturated heterocycles. The Hall–Kier alpha value is -4.26. The minimum Gasteiger partial charge on any atom is -0.454 e. The van der Waals surface area contributed by atoms with E-state index in [9.17, 15) is 19.2 Å². The SMILES string of the molecule is CCC(=O)Nc1ccc(C(=O)COC(=O)c2ccccc2NC(=O)c2ccccc2)cc1. The van der Waals surface area contributed by atoms with Crippen LogP contribution in [0.15, 0.2) is 78.9 Å². The van der Waals surface area contributed by atoms with Gasteiger partial charge >= 0.3 is 5.97 Å². The average Bonchev–Trinajstić information content (AvgIpc) is 2.83. The van der Waals surface area contributed by atoms with Gasteiger partial charge < -0.3 is 15.4 Å². The predicted octanol–water partition coefficient (Wildman–Crippen LogP) is 4.33. The van der Waals surface area contributed by atoms with Gasteiger partial charge in [0.05, 0.1) is 11.3 Å². The van der Waals surface area contributed by atoms with Crippen molar-refractivity contribution in [3.63, 3.8) is 0 Å². The summed E-state index contributed by atoms with van der Waals surface area (Å²) in [5.74, 6) is -1.61. The molecular weight excluding hydrogens is 408 g/mol. The van der Waals surface area contributed by atoms with E-state index in [1.165, 1.54) is 6.07 Å². The molecule has 0 fully saturated rings. The maximum atomic E-state index is 12.6. The molecule has 7 heteroatoms. The average molecular weight is 430 g/mol. The number of carbonyl (C=O) groups is 4. The van der Waals surface area contributed by atoms with Crippen LogP contribution in [0.4, 0.5) is 11.4 Å². The second-order valence-corrected chi connectivity index (χ2v) is 6.84. The number of rotatable bonds is 8. The number of ketones is 1. The number of para-hydroxylation sites is 1. The van der Waals surface area contributed by atoms with E-state index in [1.54, 1.807) is 79.7 Å². The second kappa shape index (κ2) is 10.7. The molecule has 0 spiro atoms. The fourth-order valence-corrected chi connectivity index (χ4v) is 2.84. The maximum Gasteiger partial charge on any atom is 0.340 e. The van der Waals surface area contributed by atoms with Gasteiger partial charge in [-0.15, -0.1) is 0 Å². The molecule has 0 aliphatic heterocycles. The minimum atomic E-state index is -0.728. The molecule has 2 amide bonds. The topological polar surface area (TPSA) is 102 Å². The second-order valence-electron chi connectivity index (χ2n) is 6.84. The van der Waals surface area contributed by atoms with Gasteiger partial charge in [-0.3, -0.25) is 14.4 Å². The molecule has 0 saturated carbocycles. The van der Waals surface area contributed by atoms with Crippen LogP contribution >= 0.6 is 0 Å². The Morgan fingerprint density at radius 1 is 0.750 bits per heavy atom. The van der Waals surface area contributed by atoms with Gasteiger partial charge in [-0.2, -0.15) is 0 Å². The van der Waals surface area contributed by atoms with E-state index in [2.05, 4.69) is 10.6 Å². The molecule has 0 aromatic heterocycles. The highest BCUT2D eigenvalue weighted by Gasteiger charge is 2.17. The van der Waals surface area contributed by atoms with E-state index in [4.69, 9.17) is 4.74 Å². The Labute approximate surface area is 185 Å². The molecule has 0 atom stereocenters. The summed E-state index contributed by atoms with van der Waals surface area (Å²) in [4.78, 5) is 48.8. The van der Waals surface area contributed by atoms with E-state index < -0.39 is 18.4 Å². The number of amides is 2. The number of benzene rings is 3. The predicted molar refractivity (Wildman–Crippen MR) is 121 cm³/mol. The summed E-state index contributed by atoms with van der Waals surface area (Å²) in [6.45, 7) is 1.29. The molecule has 2 N–H and O–H groups in total. The number of nitrogens with one attached hydrogen (secondary N) is 2. The molecule has 162 valence electrons. The first-order chi connectivity index (χ1) is 15.5. The zero-order valence-electron chi connectivity index (χ0n) is 17.5. The van der Waals surface area contributed by atoms with Crippen LogP contribution in [0.3, 0.4) is 0 Å². The summed E-state index contributed by atoms with van der Waals surface area (Å²) in [5.41, 5.74) is 1.80. The molecular formula is C25H22N2O5. The highest BCUT2D eigenvalue weighted by molar-refractivity contribution is 6.08. The highest BCUT2D eigenvalue weighted by Crippen LogP contribution is 2.18. The van der Waals surface area contributed by atoms with E-state index in [0.717, 1.165) is 0 Å². The smallest absolute Gasteiger partial charge is 0.340 e. The third kappa shape index (κ3) is 5.89. The van der Waals surface area contributed by atoms with Gasteiger partial charge in [-0.05, 0) is 48.5 Å². The number of Topliss-reactive ketones (excluding diaryl/α,β-unsaturated/α-hetero) is 1. The van der Waals surface area contributed by atoms with Crippen molar-refractivity contribution in [2.24, 2.45) is 0 Å². The Morgan fingerprint density at radius 3 is 2.09 bits per heavy atom. The van der Waals surface area contributed by atoms with Crippen molar-refractivity contribution in [2.45, 2.75) is 13.3 Å². The first kappa shape index (κ1) is 22.4. The highest BCUT2D eigenvalue weighted by atomic mass is 16.5. The van der Waals surface area contributed by atoms with Gasteiger partial charge in [-0.1, -0.05) is 37.3 Å². The molecule has 7 nitrogen and oxygen atoms in total. The lowest BCUT2D eigenvalue weighted by Gasteiger charge is -2.11. The molecule has 3 aromatic carbocycles. The Kier molecular flexibility index (Phi) is 7.48. The molecule has 3 rings (SSSR count). The van der Waals surface area contributed by atoms with Gasteiger partial charge in [0.25, 0.3) is 5.91 Å². The number of ether oxygens (including phenoxy) is 1. The van der Waals surface area contributed by atoms with Gasteiger partial charge in [0.1, 0.15) is 0 Å². The first-order valence-electron chi connectivity index (χ1n) is 10.0. The van der Waals surface area contributed by atoms with E-state index in [1.807, 2.05) is 0 Å². The standard InChI is InChI=1S/C25H22N2O5/c1-2-23(29)26-19-14-12-17(13-15-19)22(28)16-32-25(31)20-10-6-7-11-21(20)27-24(30)18-8-4-3-5-9-18/h3-15H,2,16H2,1H3,(H,26,29)(H,27,30). The van der Waals surface area contributed by atoms with Gasteiger partial charge in [0.15, 0.2) is 12.4 Å². The fourth-order valence-electron chi connectivity index (χ4n) is 2.84. The molecule has 3 aromatic rings.